The van der Waals surface area contributed by atoms with Gasteiger partial charge in [0.2, 0.25) is 5.91 Å². The maximum absolute atomic E-state index is 12.1. The van der Waals surface area contributed by atoms with E-state index in [0.29, 0.717) is 28.9 Å². The van der Waals surface area contributed by atoms with Crippen molar-refractivity contribution in [3.63, 3.8) is 0 Å². The number of ether oxygens (including phenoxy) is 1. The molecule has 2 rings (SSSR count). The number of anilines is 1. The lowest BCUT2D eigenvalue weighted by atomic mass is 9.82. The minimum absolute atomic E-state index is 0.0598. The van der Waals surface area contributed by atoms with E-state index in [1.54, 1.807) is 18.2 Å². The van der Waals surface area contributed by atoms with Crippen LogP contribution in [0, 0.1) is 5.41 Å². The zero-order chi connectivity index (χ0) is 12.5. The van der Waals surface area contributed by atoms with Crippen LogP contribution in [-0.4, -0.2) is 19.1 Å². The summed E-state index contributed by atoms with van der Waals surface area (Å²) in [6.07, 6.45) is 0.747. The Bertz CT molecular complexity index is 439. The van der Waals surface area contributed by atoms with Crippen molar-refractivity contribution in [1.29, 1.82) is 0 Å². The Morgan fingerprint density at radius 2 is 2.18 bits per heavy atom. The van der Waals surface area contributed by atoms with Gasteiger partial charge in [0.05, 0.1) is 29.3 Å². The fraction of sp³-hybridized carbons (Fsp3) is 0.417. The zero-order valence-electron chi connectivity index (χ0n) is 9.43. The fourth-order valence-electron chi connectivity index (χ4n) is 1.69. The lowest BCUT2D eigenvalue weighted by molar-refractivity contribution is -0.156. The van der Waals surface area contributed by atoms with Crippen molar-refractivity contribution in [2.24, 2.45) is 5.41 Å². The number of carbonyl (C=O) groups is 1. The molecule has 1 heterocycles. The minimum Gasteiger partial charge on any atom is -0.379 e. The van der Waals surface area contributed by atoms with Crippen LogP contribution < -0.4 is 5.32 Å². The van der Waals surface area contributed by atoms with Gasteiger partial charge in [0.25, 0.3) is 0 Å². The van der Waals surface area contributed by atoms with Crippen LogP contribution in [0.25, 0.3) is 0 Å². The highest BCUT2D eigenvalue weighted by atomic mass is 35.5. The second-order valence-electron chi connectivity index (χ2n) is 4.20. The van der Waals surface area contributed by atoms with Crippen molar-refractivity contribution in [3.05, 3.63) is 28.2 Å². The normalized spacial score (nSPS) is 17.4. The van der Waals surface area contributed by atoms with Crippen molar-refractivity contribution >= 4 is 34.8 Å². The van der Waals surface area contributed by atoms with E-state index in [2.05, 4.69) is 5.32 Å². The molecule has 1 aromatic carbocycles. The first-order valence-corrected chi connectivity index (χ1v) is 6.17. The van der Waals surface area contributed by atoms with E-state index in [9.17, 15) is 4.79 Å². The van der Waals surface area contributed by atoms with Crippen molar-refractivity contribution in [1.82, 2.24) is 0 Å². The number of halogens is 2. The second-order valence-corrected chi connectivity index (χ2v) is 5.05. The van der Waals surface area contributed by atoms with Gasteiger partial charge in [0, 0.05) is 5.02 Å². The molecule has 0 bridgehead atoms. The molecule has 0 radical (unpaired) electrons. The third kappa shape index (κ3) is 2.41. The van der Waals surface area contributed by atoms with Crippen molar-refractivity contribution in [2.75, 3.05) is 18.5 Å². The van der Waals surface area contributed by atoms with Gasteiger partial charge in [-0.1, -0.05) is 30.1 Å². The van der Waals surface area contributed by atoms with E-state index in [1.165, 1.54) is 0 Å². The van der Waals surface area contributed by atoms with Crippen LogP contribution in [0.2, 0.25) is 10.0 Å². The zero-order valence-corrected chi connectivity index (χ0v) is 10.9. The molecular formula is C12H13Cl2NO2. The molecule has 0 unspecified atom stereocenters. The van der Waals surface area contributed by atoms with Gasteiger partial charge in [-0.3, -0.25) is 4.79 Å². The van der Waals surface area contributed by atoms with E-state index in [0.717, 1.165) is 6.42 Å². The minimum atomic E-state index is -0.411. The molecule has 1 fully saturated rings. The highest BCUT2D eigenvalue weighted by molar-refractivity contribution is 6.35. The fourth-order valence-corrected chi connectivity index (χ4v) is 2.03. The summed E-state index contributed by atoms with van der Waals surface area (Å²) in [7, 11) is 0. The number of hydrogen-bond acceptors (Lipinski definition) is 2. The number of hydrogen-bond donors (Lipinski definition) is 1. The standard InChI is InChI=1S/C12H13Cl2NO2/c1-2-12(6-17-7-12)11(16)15-10-5-8(13)3-4-9(10)14/h3-5H,2,6-7H2,1H3,(H,15,16). The predicted molar refractivity (Wildman–Crippen MR) is 68.6 cm³/mol. The Labute approximate surface area is 110 Å². The molecule has 1 aliphatic rings. The summed E-state index contributed by atoms with van der Waals surface area (Å²) in [4.78, 5) is 12.1. The summed E-state index contributed by atoms with van der Waals surface area (Å²) in [5.74, 6) is -0.0598. The Hall–Kier alpha value is -0.770. The molecule has 0 saturated carbocycles. The quantitative estimate of drug-likeness (QED) is 0.917. The highest BCUT2D eigenvalue weighted by Crippen LogP contribution is 2.34. The molecule has 0 aliphatic carbocycles. The monoisotopic (exact) mass is 273 g/mol. The summed E-state index contributed by atoms with van der Waals surface area (Å²) in [6, 6.07) is 4.99. The summed E-state index contributed by atoms with van der Waals surface area (Å²) in [5, 5.41) is 3.83. The average molecular weight is 274 g/mol. The predicted octanol–water partition coefficient (Wildman–Crippen LogP) is 3.36. The van der Waals surface area contributed by atoms with Crippen LogP contribution in [0.15, 0.2) is 18.2 Å². The first-order chi connectivity index (χ1) is 8.07. The smallest absolute Gasteiger partial charge is 0.235 e. The topological polar surface area (TPSA) is 38.3 Å². The third-order valence-corrected chi connectivity index (χ3v) is 3.66. The molecule has 5 heteroatoms. The Balaban J connectivity index is 2.15. The van der Waals surface area contributed by atoms with Gasteiger partial charge >= 0.3 is 0 Å². The largest absolute Gasteiger partial charge is 0.379 e. The Kier molecular flexibility index (Phi) is 3.61. The molecule has 17 heavy (non-hydrogen) atoms. The first kappa shape index (κ1) is 12.7. The summed E-state index contributed by atoms with van der Waals surface area (Å²) in [6.45, 7) is 2.91. The van der Waals surface area contributed by atoms with Gasteiger partial charge in [-0.05, 0) is 24.6 Å². The van der Waals surface area contributed by atoms with Gasteiger partial charge in [0.15, 0.2) is 0 Å². The van der Waals surface area contributed by atoms with E-state index in [1.807, 2.05) is 6.92 Å². The molecule has 1 aromatic rings. The Morgan fingerprint density at radius 1 is 1.47 bits per heavy atom. The highest BCUT2D eigenvalue weighted by Gasteiger charge is 2.44. The van der Waals surface area contributed by atoms with Crippen molar-refractivity contribution in [2.45, 2.75) is 13.3 Å². The van der Waals surface area contributed by atoms with Gasteiger partial charge in [-0.25, -0.2) is 0 Å². The average Bonchev–Trinajstić information content (AvgIpc) is 2.23. The molecule has 1 N–H and O–H groups in total. The van der Waals surface area contributed by atoms with E-state index >= 15 is 0 Å². The van der Waals surface area contributed by atoms with E-state index < -0.39 is 5.41 Å². The van der Waals surface area contributed by atoms with Crippen molar-refractivity contribution < 1.29 is 9.53 Å². The third-order valence-electron chi connectivity index (χ3n) is 3.09. The van der Waals surface area contributed by atoms with Crippen LogP contribution in [-0.2, 0) is 9.53 Å². The lowest BCUT2D eigenvalue weighted by Crippen LogP contribution is -2.51. The lowest BCUT2D eigenvalue weighted by Gasteiger charge is -2.39. The maximum Gasteiger partial charge on any atom is 0.235 e. The molecule has 1 saturated heterocycles. The number of amides is 1. The number of carbonyl (C=O) groups excluding carboxylic acids is 1. The number of benzene rings is 1. The van der Waals surface area contributed by atoms with Gasteiger partial charge in [-0.15, -0.1) is 0 Å². The molecular weight excluding hydrogens is 261 g/mol. The van der Waals surface area contributed by atoms with Gasteiger partial charge in [-0.2, -0.15) is 0 Å². The molecule has 92 valence electrons. The van der Waals surface area contributed by atoms with Crippen LogP contribution >= 0.6 is 23.2 Å². The van der Waals surface area contributed by atoms with Crippen LogP contribution in [0.5, 0.6) is 0 Å². The summed E-state index contributed by atoms with van der Waals surface area (Å²) in [5.41, 5.74) is 0.134. The molecule has 1 amide bonds. The molecule has 1 aliphatic heterocycles. The number of rotatable bonds is 3. The van der Waals surface area contributed by atoms with E-state index in [4.69, 9.17) is 27.9 Å². The maximum atomic E-state index is 12.1. The number of nitrogens with one attached hydrogen (secondary N) is 1. The van der Waals surface area contributed by atoms with Gasteiger partial charge in [0.1, 0.15) is 0 Å². The molecule has 0 atom stereocenters. The molecule has 3 nitrogen and oxygen atoms in total. The van der Waals surface area contributed by atoms with Crippen molar-refractivity contribution in [3.8, 4) is 0 Å². The summed E-state index contributed by atoms with van der Waals surface area (Å²) < 4.78 is 5.12. The molecule has 0 aromatic heterocycles. The van der Waals surface area contributed by atoms with Crippen LogP contribution in [0.3, 0.4) is 0 Å². The second kappa shape index (κ2) is 4.84. The summed E-state index contributed by atoms with van der Waals surface area (Å²) >= 11 is 11.9. The molecule has 0 spiro atoms. The van der Waals surface area contributed by atoms with E-state index in [-0.39, 0.29) is 5.91 Å². The van der Waals surface area contributed by atoms with Crippen LogP contribution in [0.4, 0.5) is 5.69 Å². The van der Waals surface area contributed by atoms with Gasteiger partial charge < -0.3 is 10.1 Å². The first-order valence-electron chi connectivity index (χ1n) is 5.42. The Morgan fingerprint density at radius 3 is 2.71 bits per heavy atom. The SMILES string of the molecule is CCC1(C(=O)Nc2cc(Cl)ccc2Cl)COC1. The van der Waals surface area contributed by atoms with Crippen LogP contribution in [0.1, 0.15) is 13.3 Å².